The van der Waals surface area contributed by atoms with Gasteiger partial charge in [-0.2, -0.15) is 0 Å². The molecule has 0 aliphatic rings. The molecule has 3 N–H and O–H groups in total. The van der Waals surface area contributed by atoms with E-state index in [1.54, 1.807) is 7.11 Å². The number of benzene rings is 1. The number of anilines is 1. The molecule has 1 aromatic carbocycles. The molecule has 96 valence electrons. The van der Waals surface area contributed by atoms with Crippen LogP contribution in [0.2, 0.25) is 0 Å². The third kappa shape index (κ3) is 3.34. The van der Waals surface area contributed by atoms with Crippen LogP contribution in [-0.4, -0.2) is 28.2 Å². The standard InChI is InChI=1S/C11H13N3O2S2/c1-16-8-4-2-3-7(5-8)9(15)6-17-11-14-13-10(12)18-11/h2-5,9,15H,6H2,1H3,(H2,12,13). The Hall–Kier alpha value is -1.31. The fourth-order valence-electron chi connectivity index (χ4n) is 1.37. The molecular weight excluding hydrogens is 270 g/mol. The Balaban J connectivity index is 1.96. The summed E-state index contributed by atoms with van der Waals surface area (Å²) in [5.41, 5.74) is 6.31. The largest absolute Gasteiger partial charge is 0.497 e. The van der Waals surface area contributed by atoms with E-state index in [-0.39, 0.29) is 0 Å². The number of aromatic nitrogens is 2. The van der Waals surface area contributed by atoms with Crippen LogP contribution in [0.4, 0.5) is 5.13 Å². The number of methoxy groups -OCH3 is 1. The van der Waals surface area contributed by atoms with Crippen LogP contribution in [0.5, 0.6) is 5.75 Å². The van der Waals surface area contributed by atoms with Gasteiger partial charge in [0.25, 0.3) is 0 Å². The molecule has 18 heavy (non-hydrogen) atoms. The Kier molecular flexibility index (Phi) is 4.40. The summed E-state index contributed by atoms with van der Waals surface area (Å²) >= 11 is 2.75. The summed E-state index contributed by atoms with van der Waals surface area (Å²) < 4.78 is 5.88. The van der Waals surface area contributed by atoms with Crippen molar-refractivity contribution >= 4 is 28.2 Å². The van der Waals surface area contributed by atoms with Crippen molar-refractivity contribution in [3.8, 4) is 5.75 Å². The number of hydrogen-bond donors (Lipinski definition) is 2. The maximum Gasteiger partial charge on any atom is 0.203 e. The van der Waals surface area contributed by atoms with Crippen LogP contribution in [0.3, 0.4) is 0 Å². The molecule has 0 amide bonds. The van der Waals surface area contributed by atoms with Gasteiger partial charge in [0.05, 0.1) is 13.2 Å². The van der Waals surface area contributed by atoms with Crippen LogP contribution < -0.4 is 10.5 Å². The average molecular weight is 283 g/mol. The molecule has 1 unspecified atom stereocenters. The van der Waals surface area contributed by atoms with Gasteiger partial charge in [0.2, 0.25) is 5.13 Å². The molecule has 0 spiro atoms. The van der Waals surface area contributed by atoms with Gasteiger partial charge >= 0.3 is 0 Å². The molecule has 1 atom stereocenters. The van der Waals surface area contributed by atoms with Gasteiger partial charge in [-0.15, -0.1) is 10.2 Å². The van der Waals surface area contributed by atoms with Crippen molar-refractivity contribution < 1.29 is 9.84 Å². The van der Waals surface area contributed by atoms with Crippen molar-refractivity contribution in [1.29, 1.82) is 0 Å². The predicted octanol–water partition coefficient (Wildman–Crippen LogP) is 1.95. The van der Waals surface area contributed by atoms with Crippen LogP contribution in [0, 0.1) is 0 Å². The van der Waals surface area contributed by atoms with Gasteiger partial charge in [-0.25, -0.2) is 0 Å². The molecule has 0 bridgehead atoms. The molecule has 2 aromatic rings. The molecule has 2 rings (SSSR count). The topological polar surface area (TPSA) is 81.3 Å². The third-order valence-corrected chi connectivity index (χ3v) is 4.23. The minimum atomic E-state index is -0.574. The summed E-state index contributed by atoms with van der Waals surface area (Å²) in [6.07, 6.45) is -0.574. The summed E-state index contributed by atoms with van der Waals surface area (Å²) in [6, 6.07) is 7.38. The molecule has 1 aromatic heterocycles. The van der Waals surface area contributed by atoms with E-state index >= 15 is 0 Å². The molecule has 0 fully saturated rings. The van der Waals surface area contributed by atoms with Crippen LogP contribution in [0.25, 0.3) is 0 Å². The molecule has 5 nitrogen and oxygen atoms in total. The minimum Gasteiger partial charge on any atom is -0.497 e. The van der Waals surface area contributed by atoms with E-state index in [9.17, 15) is 5.11 Å². The van der Waals surface area contributed by atoms with Gasteiger partial charge in [-0.3, -0.25) is 0 Å². The summed E-state index contributed by atoms with van der Waals surface area (Å²) in [7, 11) is 1.60. The fourth-order valence-corrected chi connectivity index (χ4v) is 3.00. The monoisotopic (exact) mass is 283 g/mol. The number of nitrogens with two attached hydrogens (primary N) is 1. The van der Waals surface area contributed by atoms with E-state index in [0.717, 1.165) is 15.7 Å². The molecule has 0 aliphatic heterocycles. The van der Waals surface area contributed by atoms with Gasteiger partial charge in [-0.1, -0.05) is 35.2 Å². The van der Waals surface area contributed by atoms with Crippen molar-refractivity contribution in [3.63, 3.8) is 0 Å². The molecular formula is C11H13N3O2S2. The first kappa shape index (κ1) is 13.1. The zero-order valence-corrected chi connectivity index (χ0v) is 11.4. The number of thioether (sulfide) groups is 1. The van der Waals surface area contributed by atoms with Crippen LogP contribution in [0.15, 0.2) is 28.6 Å². The Morgan fingerprint density at radius 1 is 1.50 bits per heavy atom. The van der Waals surface area contributed by atoms with E-state index in [0.29, 0.717) is 10.9 Å². The summed E-state index contributed by atoms with van der Waals surface area (Å²) in [5, 5.41) is 18.1. The van der Waals surface area contributed by atoms with Crippen molar-refractivity contribution in [2.24, 2.45) is 0 Å². The Morgan fingerprint density at radius 3 is 3.00 bits per heavy atom. The number of nitrogen functional groups attached to an aromatic ring is 1. The normalized spacial score (nSPS) is 12.3. The number of nitrogens with zero attached hydrogens (tertiary/aromatic N) is 2. The quantitative estimate of drug-likeness (QED) is 0.816. The Morgan fingerprint density at radius 2 is 2.33 bits per heavy atom. The van der Waals surface area contributed by atoms with Crippen molar-refractivity contribution in [2.45, 2.75) is 10.4 Å². The zero-order chi connectivity index (χ0) is 13.0. The second kappa shape index (κ2) is 6.03. The highest BCUT2D eigenvalue weighted by Gasteiger charge is 2.11. The Bertz CT molecular complexity index is 518. The fraction of sp³-hybridized carbons (Fsp3) is 0.273. The summed E-state index contributed by atoms with van der Waals surface area (Å²) in [6.45, 7) is 0. The van der Waals surface area contributed by atoms with Crippen molar-refractivity contribution in [2.75, 3.05) is 18.6 Å². The number of hydrogen-bond acceptors (Lipinski definition) is 7. The summed E-state index contributed by atoms with van der Waals surface area (Å²) in [5.74, 6) is 1.23. The second-order valence-corrected chi connectivity index (χ2v) is 5.79. The molecule has 0 saturated carbocycles. The minimum absolute atomic E-state index is 0.438. The van der Waals surface area contributed by atoms with E-state index in [1.807, 2.05) is 24.3 Å². The lowest BCUT2D eigenvalue weighted by Crippen LogP contribution is -2.00. The number of rotatable bonds is 5. The lowest BCUT2D eigenvalue weighted by atomic mass is 10.1. The summed E-state index contributed by atoms with van der Waals surface area (Å²) in [4.78, 5) is 0. The lowest BCUT2D eigenvalue weighted by molar-refractivity contribution is 0.203. The maximum atomic E-state index is 10.1. The highest BCUT2D eigenvalue weighted by molar-refractivity contribution is 8.01. The van der Waals surface area contributed by atoms with Gasteiger partial charge in [0, 0.05) is 5.75 Å². The second-order valence-electron chi connectivity index (χ2n) is 3.51. The van der Waals surface area contributed by atoms with E-state index in [4.69, 9.17) is 10.5 Å². The first-order chi connectivity index (χ1) is 8.69. The van der Waals surface area contributed by atoms with Gasteiger partial charge in [0.1, 0.15) is 5.75 Å². The van der Waals surface area contributed by atoms with Crippen LogP contribution in [-0.2, 0) is 0 Å². The molecule has 0 aliphatic carbocycles. The average Bonchev–Trinajstić information content (AvgIpc) is 2.82. The molecule has 1 heterocycles. The number of aliphatic hydroxyl groups excluding tert-OH is 1. The van der Waals surface area contributed by atoms with Crippen molar-refractivity contribution in [1.82, 2.24) is 10.2 Å². The first-order valence-corrected chi connectivity index (χ1v) is 7.03. The van der Waals surface area contributed by atoms with Crippen LogP contribution in [0.1, 0.15) is 11.7 Å². The predicted molar refractivity (Wildman–Crippen MR) is 73.0 cm³/mol. The third-order valence-electron chi connectivity index (χ3n) is 2.27. The van der Waals surface area contributed by atoms with E-state index in [1.165, 1.54) is 23.1 Å². The smallest absolute Gasteiger partial charge is 0.203 e. The Labute approximate surface area is 113 Å². The molecule has 0 saturated heterocycles. The van der Waals surface area contributed by atoms with Gasteiger partial charge < -0.3 is 15.6 Å². The number of ether oxygens (including phenoxy) is 1. The van der Waals surface area contributed by atoms with Crippen molar-refractivity contribution in [3.05, 3.63) is 29.8 Å². The highest BCUT2D eigenvalue weighted by Crippen LogP contribution is 2.28. The van der Waals surface area contributed by atoms with Crippen LogP contribution >= 0.6 is 23.1 Å². The SMILES string of the molecule is COc1cccc(C(O)CSc2nnc(N)s2)c1. The maximum absolute atomic E-state index is 10.1. The zero-order valence-electron chi connectivity index (χ0n) is 9.74. The first-order valence-electron chi connectivity index (χ1n) is 5.23. The molecule has 7 heteroatoms. The van der Waals surface area contributed by atoms with E-state index < -0.39 is 6.10 Å². The lowest BCUT2D eigenvalue weighted by Gasteiger charge is -2.10. The highest BCUT2D eigenvalue weighted by atomic mass is 32.2. The molecule has 0 radical (unpaired) electrons. The van der Waals surface area contributed by atoms with Gasteiger partial charge in [-0.05, 0) is 17.7 Å². The van der Waals surface area contributed by atoms with E-state index in [2.05, 4.69) is 10.2 Å². The van der Waals surface area contributed by atoms with Gasteiger partial charge in [0.15, 0.2) is 4.34 Å². The number of aliphatic hydroxyl groups is 1.